The fourth-order valence-electron chi connectivity index (χ4n) is 1.53. The highest BCUT2D eigenvalue weighted by atomic mass is 32.1. The van der Waals surface area contributed by atoms with Crippen LogP contribution in [0.2, 0.25) is 0 Å². The molecular weight excluding hydrogens is 276 g/mol. The lowest BCUT2D eigenvalue weighted by molar-refractivity contribution is 0.0490. The summed E-state index contributed by atoms with van der Waals surface area (Å²) in [4.78, 5) is 11.8. The van der Waals surface area contributed by atoms with Crippen LogP contribution in [-0.4, -0.2) is 33.9 Å². The minimum atomic E-state index is -0.481. The van der Waals surface area contributed by atoms with Crippen LogP contribution in [0.4, 0.5) is 4.79 Å². The third kappa shape index (κ3) is 6.81. The Morgan fingerprint density at radius 3 is 2.65 bits per heavy atom. The number of alkyl carbamates (subject to hydrolysis) is 1. The first-order valence-electron chi connectivity index (χ1n) is 6.74. The predicted octanol–water partition coefficient (Wildman–Crippen LogP) is 2.18. The third-order valence-electron chi connectivity index (χ3n) is 2.58. The van der Waals surface area contributed by atoms with Crippen molar-refractivity contribution in [2.45, 2.75) is 52.8 Å². The Labute approximate surface area is 124 Å². The average molecular weight is 300 g/mol. The van der Waals surface area contributed by atoms with Crippen molar-refractivity contribution in [3.63, 3.8) is 0 Å². The quantitative estimate of drug-likeness (QED) is 0.842. The van der Waals surface area contributed by atoms with Crippen molar-refractivity contribution in [3.05, 3.63) is 11.1 Å². The van der Waals surface area contributed by atoms with Crippen LogP contribution in [0.5, 0.6) is 0 Å². The zero-order chi connectivity index (χ0) is 15.2. The number of nitrogens with zero attached hydrogens (tertiary/aromatic N) is 2. The Hall–Kier alpha value is -1.21. The van der Waals surface area contributed by atoms with Gasteiger partial charge in [-0.25, -0.2) is 4.79 Å². The molecular formula is C13H24N4O2S. The molecule has 1 amide bonds. The number of aromatic nitrogens is 2. The zero-order valence-electron chi connectivity index (χ0n) is 12.8. The Balaban J connectivity index is 2.38. The molecule has 7 heteroatoms. The van der Waals surface area contributed by atoms with E-state index in [1.165, 1.54) is 11.5 Å². The van der Waals surface area contributed by atoms with Crippen LogP contribution in [0.25, 0.3) is 0 Å². The number of rotatable bonds is 6. The molecule has 0 aliphatic carbocycles. The summed E-state index contributed by atoms with van der Waals surface area (Å²) in [7, 11) is 0. The van der Waals surface area contributed by atoms with Crippen LogP contribution in [0.3, 0.4) is 0 Å². The number of ether oxygens (including phenoxy) is 1. The average Bonchev–Trinajstić information content (AvgIpc) is 2.77. The molecule has 2 N–H and O–H groups in total. The second-order valence-electron chi connectivity index (χ2n) is 6.02. The van der Waals surface area contributed by atoms with Gasteiger partial charge in [0.05, 0.1) is 5.69 Å². The summed E-state index contributed by atoms with van der Waals surface area (Å²) in [5.74, 6) is 0.309. The molecule has 0 aromatic carbocycles. The van der Waals surface area contributed by atoms with Gasteiger partial charge in [-0.3, -0.25) is 0 Å². The largest absolute Gasteiger partial charge is 0.444 e. The highest BCUT2D eigenvalue weighted by Crippen LogP contribution is 2.08. The van der Waals surface area contributed by atoms with E-state index >= 15 is 0 Å². The van der Waals surface area contributed by atoms with Gasteiger partial charge in [0.1, 0.15) is 5.60 Å². The first-order valence-corrected chi connectivity index (χ1v) is 7.58. The second kappa shape index (κ2) is 7.54. The Morgan fingerprint density at radius 2 is 2.15 bits per heavy atom. The number of carbonyl (C=O) groups is 1. The summed E-state index contributed by atoms with van der Waals surface area (Å²) in [6.07, 6.45) is -0.381. The van der Waals surface area contributed by atoms with Crippen LogP contribution >= 0.6 is 11.5 Å². The van der Waals surface area contributed by atoms with E-state index in [0.29, 0.717) is 19.0 Å². The van der Waals surface area contributed by atoms with E-state index in [1.54, 1.807) is 0 Å². The topological polar surface area (TPSA) is 76.1 Å². The zero-order valence-corrected chi connectivity index (χ0v) is 13.6. The van der Waals surface area contributed by atoms with Crippen LogP contribution in [0.1, 0.15) is 40.3 Å². The summed E-state index contributed by atoms with van der Waals surface area (Å²) in [6, 6.07) is 0.0106. The maximum Gasteiger partial charge on any atom is 0.407 e. The van der Waals surface area contributed by atoms with Gasteiger partial charge in [0.25, 0.3) is 0 Å². The van der Waals surface area contributed by atoms with Crippen LogP contribution in [-0.2, 0) is 11.3 Å². The molecule has 114 valence electrons. The third-order valence-corrected chi connectivity index (χ3v) is 3.14. The van der Waals surface area contributed by atoms with Gasteiger partial charge >= 0.3 is 6.09 Å². The van der Waals surface area contributed by atoms with E-state index in [4.69, 9.17) is 4.74 Å². The lowest BCUT2D eigenvalue weighted by Crippen LogP contribution is -2.46. The van der Waals surface area contributed by atoms with Crippen molar-refractivity contribution in [2.75, 3.05) is 6.54 Å². The molecule has 0 spiro atoms. The Bertz CT molecular complexity index is 401. The molecule has 1 aromatic rings. The van der Waals surface area contributed by atoms with Gasteiger partial charge in [-0.2, -0.15) is 0 Å². The van der Waals surface area contributed by atoms with Gasteiger partial charge in [-0.1, -0.05) is 18.3 Å². The lowest BCUT2D eigenvalue weighted by Gasteiger charge is -2.26. The predicted molar refractivity (Wildman–Crippen MR) is 79.6 cm³/mol. The molecule has 20 heavy (non-hydrogen) atoms. The number of hydrogen-bond acceptors (Lipinski definition) is 6. The van der Waals surface area contributed by atoms with Gasteiger partial charge in [0.15, 0.2) is 0 Å². The molecule has 0 aliphatic heterocycles. The summed E-state index contributed by atoms with van der Waals surface area (Å²) < 4.78 is 9.08. The van der Waals surface area contributed by atoms with Gasteiger partial charge in [0.2, 0.25) is 0 Å². The van der Waals surface area contributed by atoms with E-state index in [9.17, 15) is 4.79 Å². The van der Waals surface area contributed by atoms with Gasteiger partial charge in [-0.15, -0.1) is 5.10 Å². The van der Waals surface area contributed by atoms with Crippen LogP contribution in [0, 0.1) is 5.92 Å². The molecule has 1 rings (SSSR count). The smallest absolute Gasteiger partial charge is 0.407 e. The van der Waals surface area contributed by atoms with Crippen LogP contribution in [0.15, 0.2) is 5.38 Å². The van der Waals surface area contributed by atoms with Gasteiger partial charge < -0.3 is 15.4 Å². The monoisotopic (exact) mass is 300 g/mol. The summed E-state index contributed by atoms with van der Waals surface area (Å²) in [5, 5.41) is 12.0. The molecule has 1 unspecified atom stereocenters. The lowest BCUT2D eigenvalue weighted by atomic mass is 10.0. The molecule has 0 fully saturated rings. The Kier molecular flexibility index (Phi) is 6.35. The normalized spacial score (nSPS) is 13.3. The summed E-state index contributed by atoms with van der Waals surface area (Å²) >= 11 is 1.33. The highest BCUT2D eigenvalue weighted by molar-refractivity contribution is 7.03. The summed E-state index contributed by atoms with van der Waals surface area (Å²) in [5.41, 5.74) is 0.431. The maximum atomic E-state index is 11.8. The van der Waals surface area contributed by atoms with E-state index in [1.807, 2.05) is 26.2 Å². The number of hydrogen-bond donors (Lipinski definition) is 2. The van der Waals surface area contributed by atoms with Crippen molar-refractivity contribution in [3.8, 4) is 0 Å². The fraction of sp³-hybridized carbons (Fsp3) is 0.769. The highest BCUT2D eigenvalue weighted by Gasteiger charge is 2.21. The number of amides is 1. The van der Waals surface area contributed by atoms with Crippen molar-refractivity contribution in [1.29, 1.82) is 0 Å². The number of nitrogens with one attached hydrogen (secondary N) is 2. The van der Waals surface area contributed by atoms with Gasteiger partial charge in [-0.05, 0) is 38.2 Å². The second-order valence-corrected chi connectivity index (χ2v) is 6.63. The van der Waals surface area contributed by atoms with Crippen LogP contribution < -0.4 is 10.6 Å². The molecule has 0 radical (unpaired) electrons. The van der Waals surface area contributed by atoms with E-state index in [-0.39, 0.29) is 12.1 Å². The fourth-order valence-corrected chi connectivity index (χ4v) is 1.98. The van der Waals surface area contributed by atoms with E-state index < -0.39 is 5.60 Å². The molecule has 1 aromatic heterocycles. The minimum absolute atomic E-state index is 0.0106. The van der Waals surface area contributed by atoms with Crippen molar-refractivity contribution < 1.29 is 9.53 Å². The molecule has 0 saturated carbocycles. The van der Waals surface area contributed by atoms with E-state index in [0.717, 1.165) is 5.69 Å². The molecule has 1 heterocycles. The first-order chi connectivity index (χ1) is 9.28. The molecule has 0 saturated heterocycles. The standard InChI is InChI=1S/C13H24N4O2S/c1-9(2)11(15-12(18)19-13(3,4)5)7-14-6-10-8-20-17-16-10/h8-9,11,14H,6-7H2,1-5H3,(H,15,18). The van der Waals surface area contributed by atoms with Gasteiger partial charge in [0, 0.05) is 24.5 Å². The first kappa shape index (κ1) is 16.8. The van der Waals surface area contributed by atoms with Crippen molar-refractivity contribution in [2.24, 2.45) is 5.92 Å². The molecule has 0 aliphatic rings. The summed E-state index contributed by atoms with van der Waals surface area (Å²) in [6.45, 7) is 11.0. The van der Waals surface area contributed by atoms with Crippen molar-refractivity contribution >= 4 is 17.6 Å². The molecule has 1 atom stereocenters. The number of carbonyl (C=O) groups excluding carboxylic acids is 1. The molecule has 6 nitrogen and oxygen atoms in total. The SMILES string of the molecule is CC(C)C(CNCc1csnn1)NC(=O)OC(C)(C)C. The molecule has 0 bridgehead atoms. The van der Waals surface area contributed by atoms with Crippen molar-refractivity contribution in [1.82, 2.24) is 20.2 Å². The maximum absolute atomic E-state index is 11.8. The van der Waals surface area contributed by atoms with E-state index in [2.05, 4.69) is 34.1 Å². The minimum Gasteiger partial charge on any atom is -0.444 e. The Morgan fingerprint density at radius 1 is 1.45 bits per heavy atom.